The zero-order valence-corrected chi connectivity index (χ0v) is 12.1. The highest BCUT2D eigenvalue weighted by molar-refractivity contribution is 6.41. The molecule has 108 valence electrons. The normalized spacial score (nSPS) is 19.9. The first-order valence-electron chi connectivity index (χ1n) is 6.73. The molecule has 0 aromatic heterocycles. The monoisotopic (exact) mass is 276 g/mol. The number of para-hydroxylation sites is 2. The lowest BCUT2D eigenvalue weighted by Crippen LogP contribution is -2.40. The van der Waals surface area contributed by atoms with Crippen molar-refractivity contribution in [2.45, 2.75) is 32.8 Å². The van der Waals surface area contributed by atoms with Crippen molar-refractivity contribution < 1.29 is 14.3 Å². The molecule has 1 heterocycles. The molecule has 1 fully saturated rings. The van der Waals surface area contributed by atoms with Gasteiger partial charge in [-0.3, -0.25) is 10.2 Å². The second-order valence-corrected chi connectivity index (χ2v) is 5.25. The van der Waals surface area contributed by atoms with Crippen LogP contribution >= 0.6 is 0 Å². The van der Waals surface area contributed by atoms with E-state index in [1.165, 1.54) is 0 Å². The Morgan fingerprint density at radius 2 is 2.15 bits per heavy atom. The predicted octanol–water partition coefficient (Wildman–Crippen LogP) is 2.62. The zero-order chi connectivity index (χ0) is 14.6. The summed E-state index contributed by atoms with van der Waals surface area (Å²) in [6.45, 7) is 6.53. The molecule has 1 aliphatic heterocycles. The number of Topliss-reactive ketones (excluding diaryl/α,β-unsaturated/α-hetero) is 1. The predicted molar refractivity (Wildman–Crippen MR) is 78.3 cm³/mol. The van der Waals surface area contributed by atoms with Crippen LogP contribution in [0.15, 0.2) is 29.4 Å². The highest BCUT2D eigenvalue weighted by atomic mass is 16.5. The molecular formula is C15H20N2O3. The Kier molecular flexibility index (Phi) is 4.39. The summed E-state index contributed by atoms with van der Waals surface area (Å²) in [5.74, 6) is 0.728. The van der Waals surface area contributed by atoms with Gasteiger partial charge < -0.3 is 9.47 Å². The van der Waals surface area contributed by atoms with Crippen molar-refractivity contribution in [1.82, 2.24) is 0 Å². The van der Waals surface area contributed by atoms with Crippen LogP contribution in [-0.4, -0.2) is 30.3 Å². The van der Waals surface area contributed by atoms with Crippen molar-refractivity contribution in [3.05, 3.63) is 24.3 Å². The molecule has 0 aliphatic carbocycles. The molecule has 0 saturated carbocycles. The maximum Gasteiger partial charge on any atom is 0.184 e. The van der Waals surface area contributed by atoms with Crippen molar-refractivity contribution in [3.63, 3.8) is 0 Å². The summed E-state index contributed by atoms with van der Waals surface area (Å²) in [4.78, 5) is 12.0. The summed E-state index contributed by atoms with van der Waals surface area (Å²) in [7, 11) is 0. The maximum absolute atomic E-state index is 12.0. The summed E-state index contributed by atoms with van der Waals surface area (Å²) in [6, 6.07) is 7.48. The van der Waals surface area contributed by atoms with E-state index in [2.05, 4.69) is 10.5 Å². The van der Waals surface area contributed by atoms with Gasteiger partial charge >= 0.3 is 0 Å². The molecule has 0 spiro atoms. The fourth-order valence-electron chi connectivity index (χ4n) is 1.95. The highest BCUT2D eigenvalue weighted by Crippen LogP contribution is 2.24. The van der Waals surface area contributed by atoms with Crippen LogP contribution in [0.4, 0.5) is 5.69 Å². The van der Waals surface area contributed by atoms with Gasteiger partial charge in [0.1, 0.15) is 11.5 Å². The smallest absolute Gasteiger partial charge is 0.184 e. The number of ether oxygens (including phenoxy) is 2. The van der Waals surface area contributed by atoms with E-state index in [9.17, 15) is 4.79 Å². The topological polar surface area (TPSA) is 59.9 Å². The molecule has 5 nitrogen and oxygen atoms in total. The Labute approximate surface area is 119 Å². The summed E-state index contributed by atoms with van der Waals surface area (Å²) < 4.78 is 11.1. The van der Waals surface area contributed by atoms with Gasteiger partial charge in [0, 0.05) is 6.42 Å². The Morgan fingerprint density at radius 3 is 2.85 bits per heavy atom. The molecule has 0 bridgehead atoms. The summed E-state index contributed by atoms with van der Waals surface area (Å²) in [5, 5.41) is 4.16. The van der Waals surface area contributed by atoms with E-state index in [0.29, 0.717) is 24.5 Å². The molecule has 0 unspecified atom stereocenters. The second-order valence-electron chi connectivity index (χ2n) is 5.25. The van der Waals surface area contributed by atoms with Gasteiger partial charge in [-0.05, 0) is 32.9 Å². The van der Waals surface area contributed by atoms with Crippen molar-refractivity contribution in [2.75, 3.05) is 18.6 Å². The number of hydrogen-bond donors (Lipinski definition) is 1. The van der Waals surface area contributed by atoms with Gasteiger partial charge in [0.15, 0.2) is 5.78 Å². The Bertz CT molecular complexity index is 524. The van der Waals surface area contributed by atoms with Crippen LogP contribution in [0.2, 0.25) is 0 Å². The fourth-order valence-corrected chi connectivity index (χ4v) is 1.95. The highest BCUT2D eigenvalue weighted by Gasteiger charge is 2.31. The number of rotatable bonds is 4. The molecule has 20 heavy (non-hydrogen) atoms. The molecule has 5 heteroatoms. The van der Waals surface area contributed by atoms with E-state index < -0.39 is 5.60 Å². The Morgan fingerprint density at radius 1 is 1.40 bits per heavy atom. The lowest BCUT2D eigenvalue weighted by Gasteiger charge is -2.29. The number of benzene rings is 1. The van der Waals surface area contributed by atoms with Crippen LogP contribution in [0.25, 0.3) is 0 Å². The largest absolute Gasteiger partial charge is 0.492 e. The first-order chi connectivity index (χ1) is 9.52. The van der Waals surface area contributed by atoms with Crippen LogP contribution in [0.1, 0.15) is 27.2 Å². The van der Waals surface area contributed by atoms with Crippen molar-refractivity contribution in [3.8, 4) is 5.75 Å². The standard InChI is InChI=1S/C15H20N2O3/c1-4-19-14-8-6-5-7-11(14)16-17-12-10-20-15(2,3)9-13(12)18/h5-8,16H,4,9-10H2,1-3H3. The van der Waals surface area contributed by atoms with E-state index in [0.717, 1.165) is 5.69 Å². The van der Waals surface area contributed by atoms with Gasteiger partial charge in [0.2, 0.25) is 0 Å². The van der Waals surface area contributed by atoms with E-state index in [-0.39, 0.29) is 12.4 Å². The first-order valence-corrected chi connectivity index (χ1v) is 6.73. The van der Waals surface area contributed by atoms with Gasteiger partial charge in [0.25, 0.3) is 0 Å². The molecule has 2 rings (SSSR count). The van der Waals surface area contributed by atoms with Crippen molar-refractivity contribution in [2.24, 2.45) is 5.10 Å². The fraction of sp³-hybridized carbons (Fsp3) is 0.467. The van der Waals surface area contributed by atoms with Crippen molar-refractivity contribution in [1.29, 1.82) is 0 Å². The molecule has 0 atom stereocenters. The van der Waals surface area contributed by atoms with E-state index in [1.807, 2.05) is 45.0 Å². The minimum atomic E-state index is -0.403. The average molecular weight is 276 g/mol. The zero-order valence-electron chi connectivity index (χ0n) is 12.1. The van der Waals surface area contributed by atoms with Crippen LogP contribution in [0.3, 0.4) is 0 Å². The minimum Gasteiger partial charge on any atom is -0.492 e. The molecule has 1 aliphatic rings. The molecule has 0 amide bonds. The Balaban J connectivity index is 2.08. The number of carbonyl (C=O) groups is 1. The van der Waals surface area contributed by atoms with E-state index in [4.69, 9.17) is 9.47 Å². The number of carbonyl (C=O) groups excluding carboxylic acids is 1. The molecule has 1 saturated heterocycles. The van der Waals surface area contributed by atoms with Gasteiger partial charge in [-0.1, -0.05) is 12.1 Å². The minimum absolute atomic E-state index is 0.0163. The van der Waals surface area contributed by atoms with Crippen LogP contribution < -0.4 is 10.2 Å². The van der Waals surface area contributed by atoms with Crippen LogP contribution in [-0.2, 0) is 9.53 Å². The third-order valence-electron chi connectivity index (χ3n) is 3.01. The van der Waals surface area contributed by atoms with Gasteiger partial charge in [-0.25, -0.2) is 0 Å². The average Bonchev–Trinajstić information content (AvgIpc) is 2.39. The Hall–Kier alpha value is -1.88. The summed E-state index contributed by atoms with van der Waals surface area (Å²) >= 11 is 0. The lowest BCUT2D eigenvalue weighted by atomic mass is 9.96. The quantitative estimate of drug-likeness (QED) is 0.859. The molecule has 1 N–H and O–H groups in total. The molecular weight excluding hydrogens is 256 g/mol. The summed E-state index contributed by atoms with van der Waals surface area (Å²) in [5.41, 5.74) is 3.63. The number of nitrogens with one attached hydrogen (secondary N) is 1. The number of anilines is 1. The lowest BCUT2D eigenvalue weighted by molar-refractivity contribution is -0.122. The molecule has 0 radical (unpaired) electrons. The SMILES string of the molecule is CCOc1ccccc1NN=C1COC(C)(C)CC1=O. The van der Waals surface area contributed by atoms with E-state index in [1.54, 1.807) is 0 Å². The molecule has 1 aromatic rings. The second kappa shape index (κ2) is 6.05. The van der Waals surface area contributed by atoms with Crippen LogP contribution in [0.5, 0.6) is 5.75 Å². The van der Waals surface area contributed by atoms with Gasteiger partial charge in [-0.2, -0.15) is 5.10 Å². The molecule has 1 aromatic carbocycles. The van der Waals surface area contributed by atoms with E-state index >= 15 is 0 Å². The number of hydrazone groups is 1. The van der Waals surface area contributed by atoms with Crippen LogP contribution in [0, 0.1) is 0 Å². The number of hydrogen-bond acceptors (Lipinski definition) is 5. The van der Waals surface area contributed by atoms with Gasteiger partial charge in [0.05, 0.1) is 24.5 Å². The first kappa shape index (κ1) is 14.5. The number of ketones is 1. The number of nitrogens with zero attached hydrogens (tertiary/aromatic N) is 1. The van der Waals surface area contributed by atoms with Gasteiger partial charge in [-0.15, -0.1) is 0 Å². The van der Waals surface area contributed by atoms with Crippen molar-refractivity contribution >= 4 is 17.2 Å². The summed E-state index contributed by atoms with van der Waals surface area (Å²) in [6.07, 6.45) is 0.348. The third-order valence-corrected chi connectivity index (χ3v) is 3.01. The third kappa shape index (κ3) is 3.57. The maximum atomic E-state index is 12.0.